The minimum Gasteiger partial charge on any atom is -0.395 e. The Labute approximate surface area is 155 Å². The van der Waals surface area contributed by atoms with Crippen LogP contribution < -0.4 is 5.32 Å². The number of hydrogen-bond donors (Lipinski definition) is 2. The summed E-state index contributed by atoms with van der Waals surface area (Å²) >= 11 is 0. The van der Waals surface area contributed by atoms with E-state index in [4.69, 9.17) is 0 Å². The van der Waals surface area contributed by atoms with Gasteiger partial charge in [-0.15, -0.1) is 0 Å². The predicted octanol–water partition coefficient (Wildman–Crippen LogP) is 2.32. The standard InChI is InChI=1S/C19H22F2N4O2/c20-14-4-3-13(18(21)5-14)8-24-10-16(6-17(24)11-26)25-9-15(7-22-25)23-19(27)12-1-2-12/h3-5,7,9,12,16-17,26H,1-2,6,8,10-11H2,(H,23,27)/t16-,17-/m0/s1. The smallest absolute Gasteiger partial charge is 0.227 e. The molecule has 27 heavy (non-hydrogen) atoms. The molecule has 1 aliphatic carbocycles. The molecule has 144 valence electrons. The van der Waals surface area contributed by atoms with Crippen LogP contribution in [-0.2, 0) is 11.3 Å². The van der Waals surface area contributed by atoms with E-state index in [0.717, 1.165) is 18.9 Å². The summed E-state index contributed by atoms with van der Waals surface area (Å²) in [7, 11) is 0. The van der Waals surface area contributed by atoms with Crippen LogP contribution in [0.25, 0.3) is 0 Å². The highest BCUT2D eigenvalue weighted by Crippen LogP contribution is 2.31. The summed E-state index contributed by atoms with van der Waals surface area (Å²) < 4.78 is 28.8. The lowest BCUT2D eigenvalue weighted by atomic mass is 10.1. The summed E-state index contributed by atoms with van der Waals surface area (Å²) in [5.74, 6) is -1.03. The maximum Gasteiger partial charge on any atom is 0.227 e. The van der Waals surface area contributed by atoms with Gasteiger partial charge in [0.05, 0.1) is 24.5 Å². The van der Waals surface area contributed by atoms with Gasteiger partial charge in [-0.05, 0) is 25.3 Å². The van der Waals surface area contributed by atoms with Gasteiger partial charge < -0.3 is 10.4 Å². The number of amides is 1. The van der Waals surface area contributed by atoms with Crippen LogP contribution in [0.5, 0.6) is 0 Å². The first-order valence-electron chi connectivity index (χ1n) is 9.17. The van der Waals surface area contributed by atoms with Crippen molar-refractivity contribution in [2.45, 2.75) is 37.9 Å². The fourth-order valence-electron chi connectivity index (χ4n) is 3.59. The maximum absolute atomic E-state index is 14.0. The molecule has 0 radical (unpaired) electrons. The van der Waals surface area contributed by atoms with E-state index in [2.05, 4.69) is 10.4 Å². The van der Waals surface area contributed by atoms with Crippen LogP contribution in [0.1, 0.15) is 30.9 Å². The third-order valence-corrected chi connectivity index (χ3v) is 5.30. The quantitative estimate of drug-likeness (QED) is 0.812. The number of nitrogens with zero attached hydrogens (tertiary/aromatic N) is 3. The topological polar surface area (TPSA) is 70.4 Å². The molecule has 2 aromatic rings. The van der Waals surface area contributed by atoms with Crippen molar-refractivity contribution in [3.05, 3.63) is 47.8 Å². The number of rotatable bonds is 6. The number of likely N-dealkylation sites (tertiary alicyclic amines) is 1. The number of halogens is 2. The van der Waals surface area contributed by atoms with Crippen LogP contribution in [0.4, 0.5) is 14.5 Å². The molecule has 2 N–H and O–H groups in total. The van der Waals surface area contributed by atoms with E-state index in [-0.39, 0.29) is 30.5 Å². The number of benzene rings is 1. The molecule has 4 rings (SSSR count). The van der Waals surface area contributed by atoms with E-state index in [1.54, 1.807) is 17.1 Å². The Kier molecular flexibility index (Phi) is 4.92. The van der Waals surface area contributed by atoms with Crippen LogP contribution in [0.3, 0.4) is 0 Å². The molecule has 8 heteroatoms. The van der Waals surface area contributed by atoms with Crippen molar-refractivity contribution in [3.8, 4) is 0 Å². The average Bonchev–Trinajstić information content (AvgIpc) is 3.26. The molecule has 1 aliphatic heterocycles. The van der Waals surface area contributed by atoms with Crippen LogP contribution in [0, 0.1) is 17.6 Å². The van der Waals surface area contributed by atoms with E-state index in [1.165, 1.54) is 12.1 Å². The Hall–Kier alpha value is -2.32. The number of hydrogen-bond acceptors (Lipinski definition) is 4. The lowest BCUT2D eigenvalue weighted by Crippen LogP contribution is -2.32. The molecule has 2 aliphatic rings. The lowest BCUT2D eigenvalue weighted by Gasteiger charge is -2.22. The molecule has 2 fully saturated rings. The summed E-state index contributed by atoms with van der Waals surface area (Å²) in [4.78, 5) is 13.8. The van der Waals surface area contributed by atoms with Gasteiger partial charge in [-0.2, -0.15) is 5.10 Å². The second-order valence-electron chi connectivity index (χ2n) is 7.36. The van der Waals surface area contributed by atoms with Gasteiger partial charge in [0, 0.05) is 42.9 Å². The second-order valence-corrected chi connectivity index (χ2v) is 7.36. The number of carbonyl (C=O) groups is 1. The first-order valence-corrected chi connectivity index (χ1v) is 9.17. The zero-order valence-corrected chi connectivity index (χ0v) is 14.8. The third-order valence-electron chi connectivity index (χ3n) is 5.30. The highest BCUT2D eigenvalue weighted by atomic mass is 19.1. The monoisotopic (exact) mass is 376 g/mol. The first-order chi connectivity index (χ1) is 13.0. The van der Waals surface area contributed by atoms with E-state index >= 15 is 0 Å². The van der Waals surface area contributed by atoms with Gasteiger partial charge >= 0.3 is 0 Å². The molecule has 6 nitrogen and oxygen atoms in total. The Balaban J connectivity index is 1.43. The van der Waals surface area contributed by atoms with Gasteiger partial charge in [0.15, 0.2) is 0 Å². The fraction of sp³-hybridized carbons (Fsp3) is 0.474. The highest BCUT2D eigenvalue weighted by Gasteiger charge is 2.34. The number of aliphatic hydroxyl groups is 1. The van der Waals surface area contributed by atoms with Gasteiger partial charge in [-0.1, -0.05) is 6.07 Å². The van der Waals surface area contributed by atoms with Gasteiger partial charge in [-0.25, -0.2) is 8.78 Å². The van der Waals surface area contributed by atoms with Crippen molar-refractivity contribution in [2.75, 3.05) is 18.5 Å². The molecule has 1 aromatic heterocycles. The number of anilines is 1. The number of aliphatic hydroxyl groups excluding tert-OH is 1. The average molecular weight is 376 g/mol. The normalized spacial score (nSPS) is 22.9. The lowest BCUT2D eigenvalue weighted by molar-refractivity contribution is -0.117. The molecule has 1 saturated heterocycles. The van der Waals surface area contributed by atoms with Crippen LogP contribution >= 0.6 is 0 Å². The largest absolute Gasteiger partial charge is 0.395 e. The van der Waals surface area contributed by atoms with Crippen molar-refractivity contribution >= 4 is 11.6 Å². The summed E-state index contributed by atoms with van der Waals surface area (Å²) in [6, 6.07) is 3.43. The van der Waals surface area contributed by atoms with Crippen molar-refractivity contribution < 1.29 is 18.7 Å². The second kappa shape index (κ2) is 7.36. The summed E-state index contributed by atoms with van der Waals surface area (Å²) in [6.07, 6.45) is 5.96. The maximum atomic E-state index is 14.0. The van der Waals surface area contributed by atoms with Gasteiger partial charge in [-0.3, -0.25) is 14.4 Å². The zero-order chi connectivity index (χ0) is 19.0. The Bertz CT molecular complexity index is 837. The molecule has 2 heterocycles. The summed E-state index contributed by atoms with van der Waals surface area (Å²) in [6.45, 7) is 0.825. The number of carbonyl (C=O) groups excluding carboxylic acids is 1. The number of aromatic nitrogens is 2. The van der Waals surface area contributed by atoms with Crippen molar-refractivity contribution in [1.29, 1.82) is 0 Å². The van der Waals surface area contributed by atoms with Crippen LogP contribution in [0.2, 0.25) is 0 Å². The van der Waals surface area contributed by atoms with Crippen molar-refractivity contribution in [2.24, 2.45) is 5.92 Å². The molecule has 0 spiro atoms. The van der Waals surface area contributed by atoms with Gasteiger partial charge in [0.25, 0.3) is 0 Å². The fourth-order valence-corrected chi connectivity index (χ4v) is 3.59. The molecule has 1 saturated carbocycles. The first kappa shape index (κ1) is 18.1. The zero-order valence-electron chi connectivity index (χ0n) is 14.8. The Morgan fingerprint density at radius 2 is 2.15 bits per heavy atom. The van der Waals surface area contributed by atoms with Gasteiger partial charge in [0.1, 0.15) is 11.6 Å². The van der Waals surface area contributed by atoms with E-state index < -0.39 is 11.6 Å². The van der Waals surface area contributed by atoms with E-state index in [9.17, 15) is 18.7 Å². The summed E-state index contributed by atoms with van der Waals surface area (Å²) in [5, 5.41) is 16.9. The van der Waals surface area contributed by atoms with Crippen molar-refractivity contribution in [1.82, 2.24) is 14.7 Å². The van der Waals surface area contributed by atoms with Gasteiger partial charge in [0.2, 0.25) is 5.91 Å². The molecule has 0 bridgehead atoms. The molecular formula is C19H22F2N4O2. The molecule has 0 unspecified atom stereocenters. The molecule has 1 amide bonds. The number of nitrogens with one attached hydrogen (secondary N) is 1. The molecule has 2 atom stereocenters. The third kappa shape index (κ3) is 4.01. The Morgan fingerprint density at radius 3 is 2.85 bits per heavy atom. The van der Waals surface area contributed by atoms with E-state index in [1.807, 2.05) is 4.90 Å². The van der Waals surface area contributed by atoms with Crippen LogP contribution in [-0.4, -0.2) is 44.9 Å². The predicted molar refractivity (Wildman–Crippen MR) is 94.9 cm³/mol. The highest BCUT2D eigenvalue weighted by molar-refractivity contribution is 5.93. The molecular weight excluding hydrogens is 354 g/mol. The van der Waals surface area contributed by atoms with E-state index in [0.29, 0.717) is 30.8 Å². The van der Waals surface area contributed by atoms with Crippen molar-refractivity contribution in [3.63, 3.8) is 0 Å². The molecule has 1 aromatic carbocycles. The minimum atomic E-state index is -0.605. The Morgan fingerprint density at radius 1 is 1.33 bits per heavy atom. The SMILES string of the molecule is O=C(Nc1cnn([C@H]2C[C@@H](CO)N(Cc3ccc(F)cc3F)C2)c1)C1CC1. The van der Waals surface area contributed by atoms with Crippen LogP contribution in [0.15, 0.2) is 30.6 Å². The summed E-state index contributed by atoms with van der Waals surface area (Å²) in [5.41, 5.74) is 1.06. The minimum absolute atomic E-state index is 0.0113.